The quantitative estimate of drug-likeness (QED) is 0.694. The highest BCUT2D eigenvalue weighted by Gasteiger charge is 2.03. The minimum absolute atomic E-state index is 0.454. The van der Waals surface area contributed by atoms with Crippen molar-refractivity contribution < 1.29 is 8.78 Å². The molecule has 0 aliphatic heterocycles. The lowest BCUT2D eigenvalue weighted by Gasteiger charge is -2.17. The lowest BCUT2D eigenvalue weighted by Crippen LogP contribution is -2.27. The molecule has 1 aromatic rings. The first-order valence-electron chi connectivity index (χ1n) is 7.04. The zero-order valence-corrected chi connectivity index (χ0v) is 11.9. The van der Waals surface area contributed by atoms with Crippen molar-refractivity contribution in [2.45, 2.75) is 26.7 Å². The second-order valence-corrected chi connectivity index (χ2v) is 4.62. The van der Waals surface area contributed by atoms with E-state index in [9.17, 15) is 8.78 Å². The molecule has 4 heteroatoms. The molecule has 0 aromatic heterocycles. The molecule has 19 heavy (non-hydrogen) atoms. The maximum absolute atomic E-state index is 13.3. The van der Waals surface area contributed by atoms with Crippen LogP contribution < -0.4 is 5.32 Å². The molecule has 0 atom stereocenters. The van der Waals surface area contributed by atoms with Gasteiger partial charge in [-0.05, 0) is 57.2 Å². The largest absolute Gasteiger partial charge is 0.316 e. The molecule has 0 saturated heterocycles. The van der Waals surface area contributed by atoms with E-state index >= 15 is 0 Å². The van der Waals surface area contributed by atoms with Crippen molar-refractivity contribution in [2.24, 2.45) is 0 Å². The highest BCUT2D eigenvalue weighted by atomic mass is 19.1. The van der Waals surface area contributed by atoms with Crippen LogP contribution in [0.2, 0.25) is 0 Å². The van der Waals surface area contributed by atoms with Gasteiger partial charge in [-0.3, -0.25) is 0 Å². The highest BCUT2D eigenvalue weighted by Crippen LogP contribution is 2.09. The van der Waals surface area contributed by atoms with Gasteiger partial charge in [-0.15, -0.1) is 0 Å². The van der Waals surface area contributed by atoms with E-state index in [2.05, 4.69) is 24.1 Å². The van der Waals surface area contributed by atoms with Crippen molar-refractivity contribution in [1.82, 2.24) is 10.2 Å². The molecule has 0 fully saturated rings. The van der Waals surface area contributed by atoms with Crippen LogP contribution in [0.5, 0.6) is 0 Å². The summed E-state index contributed by atoms with van der Waals surface area (Å²) < 4.78 is 26.1. The molecule has 1 N–H and O–H groups in total. The fourth-order valence-corrected chi connectivity index (χ4v) is 2.04. The standard InChI is InChI=1S/C15H24F2N2/c1-3-19(4-2)11-5-9-18-10-8-13-6-7-14(16)12-15(13)17/h6-7,12,18H,3-5,8-11H2,1-2H3. The van der Waals surface area contributed by atoms with Crippen LogP contribution in [0.15, 0.2) is 18.2 Å². The normalized spacial score (nSPS) is 11.2. The van der Waals surface area contributed by atoms with Crippen LogP contribution in [0.4, 0.5) is 8.78 Å². The molecule has 0 heterocycles. The van der Waals surface area contributed by atoms with Gasteiger partial charge in [0.2, 0.25) is 0 Å². The molecule has 108 valence electrons. The first-order valence-corrected chi connectivity index (χ1v) is 7.04. The molecule has 2 nitrogen and oxygen atoms in total. The third-order valence-corrected chi connectivity index (χ3v) is 3.31. The second kappa shape index (κ2) is 8.99. The number of halogens is 2. The van der Waals surface area contributed by atoms with Crippen molar-refractivity contribution >= 4 is 0 Å². The van der Waals surface area contributed by atoms with Crippen LogP contribution >= 0.6 is 0 Å². The summed E-state index contributed by atoms with van der Waals surface area (Å²) in [5.74, 6) is -0.974. The highest BCUT2D eigenvalue weighted by molar-refractivity contribution is 5.18. The minimum Gasteiger partial charge on any atom is -0.316 e. The van der Waals surface area contributed by atoms with Crippen molar-refractivity contribution in [3.05, 3.63) is 35.4 Å². The molecule has 0 saturated carbocycles. The summed E-state index contributed by atoms with van der Waals surface area (Å²) >= 11 is 0. The fourth-order valence-electron chi connectivity index (χ4n) is 2.04. The first kappa shape index (κ1) is 16.1. The Balaban J connectivity index is 2.14. The molecule has 0 radical (unpaired) electrons. The number of nitrogens with zero attached hydrogens (tertiary/aromatic N) is 1. The van der Waals surface area contributed by atoms with Crippen LogP contribution in [0, 0.1) is 11.6 Å². The predicted octanol–water partition coefficient (Wildman–Crippen LogP) is 2.83. The zero-order chi connectivity index (χ0) is 14.1. The van der Waals surface area contributed by atoms with E-state index in [1.807, 2.05) is 0 Å². The van der Waals surface area contributed by atoms with Gasteiger partial charge < -0.3 is 10.2 Å². The van der Waals surface area contributed by atoms with E-state index in [0.29, 0.717) is 12.0 Å². The molecule has 1 rings (SSSR count). The van der Waals surface area contributed by atoms with E-state index in [0.717, 1.165) is 45.2 Å². The minimum atomic E-state index is -0.520. The number of hydrogen-bond donors (Lipinski definition) is 1. The SMILES string of the molecule is CCN(CC)CCCNCCc1ccc(F)cc1F. The van der Waals surface area contributed by atoms with Crippen molar-refractivity contribution in [1.29, 1.82) is 0 Å². The molecule has 0 aliphatic rings. The Kier molecular flexibility index (Phi) is 7.60. The van der Waals surface area contributed by atoms with E-state index in [-0.39, 0.29) is 0 Å². The molecule has 0 amide bonds. The Morgan fingerprint density at radius 3 is 2.47 bits per heavy atom. The second-order valence-electron chi connectivity index (χ2n) is 4.62. The number of nitrogens with one attached hydrogen (secondary N) is 1. The van der Waals surface area contributed by atoms with Gasteiger partial charge in [0.1, 0.15) is 11.6 Å². The molecule has 0 aliphatic carbocycles. The number of hydrogen-bond acceptors (Lipinski definition) is 2. The van der Waals surface area contributed by atoms with E-state index in [1.54, 1.807) is 0 Å². The summed E-state index contributed by atoms with van der Waals surface area (Å²) in [6.07, 6.45) is 1.69. The van der Waals surface area contributed by atoms with Gasteiger partial charge >= 0.3 is 0 Å². The van der Waals surface area contributed by atoms with Gasteiger partial charge in [-0.25, -0.2) is 8.78 Å². The molecular weight excluding hydrogens is 246 g/mol. The third kappa shape index (κ3) is 6.12. The summed E-state index contributed by atoms with van der Waals surface area (Å²) in [6, 6.07) is 3.76. The number of benzene rings is 1. The van der Waals surface area contributed by atoms with Crippen LogP contribution in [0.3, 0.4) is 0 Å². The lowest BCUT2D eigenvalue weighted by atomic mass is 10.1. The Labute approximate surface area is 114 Å². The van der Waals surface area contributed by atoms with Crippen molar-refractivity contribution in [3.63, 3.8) is 0 Å². The lowest BCUT2D eigenvalue weighted by molar-refractivity contribution is 0.298. The average Bonchev–Trinajstić information content (AvgIpc) is 2.40. The molecule has 0 bridgehead atoms. The van der Waals surface area contributed by atoms with E-state index in [4.69, 9.17) is 0 Å². The summed E-state index contributed by atoms with van der Waals surface area (Å²) in [7, 11) is 0. The summed E-state index contributed by atoms with van der Waals surface area (Å²) in [4.78, 5) is 2.38. The molecular formula is C15H24F2N2. The van der Waals surface area contributed by atoms with Gasteiger partial charge in [-0.1, -0.05) is 19.9 Å². The molecule has 1 aromatic carbocycles. The van der Waals surface area contributed by atoms with E-state index < -0.39 is 11.6 Å². The third-order valence-electron chi connectivity index (χ3n) is 3.31. The average molecular weight is 270 g/mol. The monoisotopic (exact) mass is 270 g/mol. The molecule has 0 spiro atoms. The Hall–Kier alpha value is -1.00. The summed E-state index contributed by atoms with van der Waals surface area (Å²) in [5.41, 5.74) is 0.567. The fraction of sp³-hybridized carbons (Fsp3) is 0.600. The van der Waals surface area contributed by atoms with Gasteiger partial charge in [0.15, 0.2) is 0 Å². The van der Waals surface area contributed by atoms with Crippen molar-refractivity contribution in [2.75, 3.05) is 32.7 Å². The Morgan fingerprint density at radius 1 is 1.11 bits per heavy atom. The van der Waals surface area contributed by atoms with Gasteiger partial charge in [0.05, 0.1) is 0 Å². The summed E-state index contributed by atoms with van der Waals surface area (Å²) in [5, 5.41) is 3.29. The maximum atomic E-state index is 13.3. The smallest absolute Gasteiger partial charge is 0.129 e. The maximum Gasteiger partial charge on any atom is 0.129 e. The first-order chi connectivity index (χ1) is 9.17. The Morgan fingerprint density at radius 2 is 1.84 bits per heavy atom. The summed E-state index contributed by atoms with van der Waals surface area (Å²) in [6.45, 7) is 9.22. The van der Waals surface area contributed by atoms with Crippen molar-refractivity contribution in [3.8, 4) is 0 Å². The number of rotatable bonds is 9. The van der Waals surface area contributed by atoms with Gasteiger partial charge in [0.25, 0.3) is 0 Å². The van der Waals surface area contributed by atoms with Crippen LogP contribution in [-0.2, 0) is 6.42 Å². The van der Waals surface area contributed by atoms with Crippen LogP contribution in [0.1, 0.15) is 25.8 Å². The van der Waals surface area contributed by atoms with Crippen LogP contribution in [-0.4, -0.2) is 37.6 Å². The Bertz CT molecular complexity index is 365. The molecule has 0 unspecified atom stereocenters. The predicted molar refractivity (Wildman–Crippen MR) is 75.3 cm³/mol. The topological polar surface area (TPSA) is 15.3 Å². The van der Waals surface area contributed by atoms with E-state index in [1.165, 1.54) is 12.1 Å². The van der Waals surface area contributed by atoms with Crippen LogP contribution in [0.25, 0.3) is 0 Å². The van der Waals surface area contributed by atoms with Gasteiger partial charge in [0, 0.05) is 6.07 Å². The zero-order valence-electron chi connectivity index (χ0n) is 11.9. The van der Waals surface area contributed by atoms with Gasteiger partial charge in [-0.2, -0.15) is 0 Å².